The van der Waals surface area contributed by atoms with E-state index in [-0.39, 0.29) is 49.0 Å². The van der Waals surface area contributed by atoms with Crippen LogP contribution in [0.25, 0.3) is 11.2 Å². The van der Waals surface area contributed by atoms with Crippen molar-refractivity contribution >= 4 is 11.2 Å². The number of H-pyrrole nitrogens is 1. The first kappa shape index (κ1) is 24.0. The number of alkyl halides is 3. The van der Waals surface area contributed by atoms with Crippen molar-refractivity contribution in [3.05, 3.63) is 74.7 Å². The zero-order valence-corrected chi connectivity index (χ0v) is 18.4. The maximum atomic E-state index is 13.2. The van der Waals surface area contributed by atoms with E-state index in [1.165, 1.54) is 16.7 Å². The molecule has 13 heteroatoms. The molecule has 3 heterocycles. The fraction of sp³-hybridized carbons (Fsp3) is 0.273. The molecule has 4 rings (SSSR count). The van der Waals surface area contributed by atoms with Gasteiger partial charge in [-0.1, -0.05) is 12.1 Å². The van der Waals surface area contributed by atoms with Gasteiger partial charge in [-0.25, -0.2) is 4.79 Å². The number of nitrogens with one attached hydrogen (secondary N) is 1. The van der Waals surface area contributed by atoms with Crippen LogP contribution in [0.3, 0.4) is 0 Å². The highest BCUT2D eigenvalue weighted by molar-refractivity contribution is 5.71. The number of pyridine rings is 1. The third-order valence-corrected chi connectivity index (χ3v) is 4.91. The Bertz CT molecular complexity index is 1480. The number of hydrogen-bond donors (Lipinski definition) is 2. The molecule has 0 unspecified atom stereocenters. The Kier molecular flexibility index (Phi) is 6.60. The molecular weight excluding hydrogens is 471 g/mol. The molecule has 10 nitrogen and oxygen atoms in total. The van der Waals surface area contributed by atoms with Crippen molar-refractivity contribution in [1.82, 2.24) is 24.1 Å². The Morgan fingerprint density at radius 2 is 1.89 bits per heavy atom. The molecule has 0 amide bonds. The summed E-state index contributed by atoms with van der Waals surface area (Å²) in [7, 11) is 0. The molecule has 0 bridgehead atoms. The number of aliphatic hydroxyl groups excluding tert-OH is 1. The number of hydrogen-bond acceptors (Lipinski definition) is 7. The van der Waals surface area contributed by atoms with Crippen LogP contribution in [0.4, 0.5) is 13.2 Å². The van der Waals surface area contributed by atoms with Gasteiger partial charge in [-0.15, -0.1) is 13.2 Å². The summed E-state index contributed by atoms with van der Waals surface area (Å²) in [6.07, 6.45) is -1.47. The van der Waals surface area contributed by atoms with Crippen molar-refractivity contribution in [2.45, 2.75) is 32.8 Å². The van der Waals surface area contributed by atoms with Crippen molar-refractivity contribution in [3.8, 4) is 17.5 Å². The molecule has 0 saturated heterocycles. The first-order valence-electron chi connectivity index (χ1n) is 10.4. The van der Waals surface area contributed by atoms with Gasteiger partial charge in [0.25, 0.3) is 5.56 Å². The molecule has 184 valence electrons. The van der Waals surface area contributed by atoms with Gasteiger partial charge in [0.1, 0.15) is 11.5 Å². The van der Waals surface area contributed by atoms with Gasteiger partial charge in [-0.3, -0.25) is 23.9 Å². The average Bonchev–Trinajstić information content (AvgIpc) is 3.09. The predicted octanol–water partition coefficient (Wildman–Crippen LogP) is 2.71. The van der Waals surface area contributed by atoms with Crippen molar-refractivity contribution in [2.75, 3.05) is 6.61 Å². The summed E-state index contributed by atoms with van der Waals surface area (Å²) in [5.41, 5.74) is 0.135. The second kappa shape index (κ2) is 9.62. The van der Waals surface area contributed by atoms with Gasteiger partial charge in [0.05, 0.1) is 6.54 Å². The fourth-order valence-electron chi connectivity index (χ4n) is 3.51. The largest absolute Gasteiger partial charge is 0.573 e. The summed E-state index contributed by atoms with van der Waals surface area (Å²) in [4.78, 5) is 36.5. The molecule has 0 radical (unpaired) electrons. The SMILES string of the molecule is Cc1cncc(Cn2c(Oc3cccc(OC(F)(F)F)c3)nc3[nH]c(=O)n(CCCO)c(=O)c32)c1. The van der Waals surface area contributed by atoms with Gasteiger partial charge in [-0.2, -0.15) is 4.98 Å². The third kappa shape index (κ3) is 5.51. The lowest BCUT2D eigenvalue weighted by molar-refractivity contribution is -0.274. The Labute approximate surface area is 195 Å². The van der Waals surface area contributed by atoms with E-state index in [1.807, 2.05) is 13.0 Å². The highest BCUT2D eigenvalue weighted by Crippen LogP contribution is 2.30. The zero-order valence-electron chi connectivity index (χ0n) is 18.4. The fourth-order valence-corrected chi connectivity index (χ4v) is 3.51. The van der Waals surface area contributed by atoms with Crippen molar-refractivity contribution in [2.24, 2.45) is 0 Å². The number of aliphatic hydroxyl groups is 1. The van der Waals surface area contributed by atoms with E-state index in [0.717, 1.165) is 22.3 Å². The molecule has 0 aliphatic rings. The predicted molar refractivity (Wildman–Crippen MR) is 118 cm³/mol. The minimum absolute atomic E-state index is 0.0155. The topological polar surface area (TPSA) is 124 Å². The standard InChI is InChI=1S/C22H20F3N5O5/c1-13-8-14(11-26-10-13)12-30-17-18(27-20(33)29(19(17)32)6-3-7-31)28-21(30)34-15-4-2-5-16(9-15)35-22(23,24)25/h2,4-5,8-11,31H,3,6-7,12H2,1H3,(H,27,33). The van der Waals surface area contributed by atoms with Crippen LogP contribution in [0.2, 0.25) is 0 Å². The summed E-state index contributed by atoms with van der Waals surface area (Å²) >= 11 is 0. The maximum Gasteiger partial charge on any atom is 0.573 e. The lowest BCUT2D eigenvalue weighted by atomic mass is 10.2. The number of aryl methyl sites for hydroxylation is 1. The molecular formula is C22H20F3N5O5. The molecule has 0 spiro atoms. The molecule has 1 aromatic carbocycles. The normalized spacial score (nSPS) is 11.7. The van der Waals surface area contributed by atoms with Crippen LogP contribution in [-0.2, 0) is 13.1 Å². The molecule has 2 N–H and O–H groups in total. The first-order chi connectivity index (χ1) is 16.6. The van der Waals surface area contributed by atoms with Crippen molar-refractivity contribution in [3.63, 3.8) is 0 Å². The smallest absolute Gasteiger partial charge is 0.425 e. The zero-order chi connectivity index (χ0) is 25.2. The summed E-state index contributed by atoms with van der Waals surface area (Å²) in [6.45, 7) is 1.67. The number of fused-ring (bicyclic) bond motifs is 1. The second-order valence-corrected chi connectivity index (χ2v) is 7.64. The van der Waals surface area contributed by atoms with Crippen LogP contribution in [0, 0.1) is 6.92 Å². The van der Waals surface area contributed by atoms with Gasteiger partial charge in [-0.05, 0) is 36.6 Å². The monoisotopic (exact) mass is 491 g/mol. The maximum absolute atomic E-state index is 13.2. The molecule has 0 atom stereocenters. The van der Waals surface area contributed by atoms with Gasteiger partial charge in [0.15, 0.2) is 11.2 Å². The van der Waals surface area contributed by atoms with E-state index in [4.69, 9.17) is 9.84 Å². The van der Waals surface area contributed by atoms with Crippen molar-refractivity contribution in [1.29, 1.82) is 0 Å². The molecule has 4 aromatic rings. The lowest BCUT2D eigenvalue weighted by Gasteiger charge is -2.12. The minimum atomic E-state index is -4.89. The Balaban J connectivity index is 1.83. The molecule has 3 aromatic heterocycles. The summed E-state index contributed by atoms with van der Waals surface area (Å²) < 4.78 is 49.9. The average molecular weight is 491 g/mol. The number of aromatic amines is 1. The number of aromatic nitrogens is 5. The number of ether oxygens (including phenoxy) is 2. The highest BCUT2D eigenvalue weighted by Gasteiger charge is 2.31. The quantitative estimate of drug-likeness (QED) is 0.388. The van der Waals surface area contributed by atoms with E-state index >= 15 is 0 Å². The van der Waals surface area contributed by atoms with Crippen LogP contribution >= 0.6 is 0 Å². The Morgan fingerprint density at radius 1 is 1.11 bits per heavy atom. The Hall–Kier alpha value is -4.13. The molecule has 0 fully saturated rings. The molecule has 0 saturated carbocycles. The lowest BCUT2D eigenvalue weighted by Crippen LogP contribution is -2.36. The first-order valence-corrected chi connectivity index (χ1v) is 10.4. The number of imidazole rings is 1. The van der Waals surface area contributed by atoms with Crippen molar-refractivity contribution < 1.29 is 27.8 Å². The van der Waals surface area contributed by atoms with E-state index in [0.29, 0.717) is 5.56 Å². The van der Waals surface area contributed by atoms with Gasteiger partial charge >= 0.3 is 18.1 Å². The number of halogens is 3. The summed E-state index contributed by atoms with van der Waals surface area (Å²) in [5, 5.41) is 9.11. The van der Waals surface area contributed by atoms with Gasteiger partial charge in [0.2, 0.25) is 0 Å². The van der Waals surface area contributed by atoms with E-state index in [2.05, 4.69) is 19.7 Å². The second-order valence-electron chi connectivity index (χ2n) is 7.64. The van der Waals surface area contributed by atoms with Gasteiger partial charge in [0, 0.05) is 31.6 Å². The molecule has 35 heavy (non-hydrogen) atoms. The highest BCUT2D eigenvalue weighted by atomic mass is 19.4. The molecule has 0 aliphatic heterocycles. The van der Waals surface area contributed by atoms with E-state index in [1.54, 1.807) is 12.4 Å². The number of benzene rings is 1. The van der Waals surface area contributed by atoms with Gasteiger partial charge < -0.3 is 14.6 Å². The third-order valence-electron chi connectivity index (χ3n) is 4.91. The summed E-state index contributed by atoms with van der Waals surface area (Å²) in [5.74, 6) is -0.533. The van der Waals surface area contributed by atoms with E-state index in [9.17, 15) is 22.8 Å². The van der Waals surface area contributed by atoms with Crippen LogP contribution in [0.5, 0.6) is 17.5 Å². The number of rotatable bonds is 8. The van der Waals surface area contributed by atoms with Crippen LogP contribution < -0.4 is 20.7 Å². The van der Waals surface area contributed by atoms with Crippen LogP contribution in [0.1, 0.15) is 17.5 Å². The van der Waals surface area contributed by atoms with Crippen LogP contribution in [0.15, 0.2) is 52.3 Å². The summed E-state index contributed by atoms with van der Waals surface area (Å²) in [6, 6.07) is 6.52. The van der Waals surface area contributed by atoms with E-state index < -0.39 is 23.4 Å². The van der Waals surface area contributed by atoms with Crippen LogP contribution in [-0.4, -0.2) is 42.2 Å². The molecule has 0 aliphatic carbocycles. The Morgan fingerprint density at radius 3 is 2.60 bits per heavy atom. The number of nitrogens with zero attached hydrogens (tertiary/aromatic N) is 4. The minimum Gasteiger partial charge on any atom is -0.425 e.